The van der Waals surface area contributed by atoms with Gasteiger partial charge in [-0.25, -0.2) is 9.59 Å². The summed E-state index contributed by atoms with van der Waals surface area (Å²) in [4.78, 5) is 38.9. The lowest BCUT2D eigenvalue weighted by Crippen LogP contribution is -2.21. The van der Waals surface area contributed by atoms with Crippen molar-refractivity contribution in [1.29, 1.82) is 0 Å². The van der Waals surface area contributed by atoms with Crippen molar-refractivity contribution < 1.29 is 23.9 Å². The van der Waals surface area contributed by atoms with Crippen molar-refractivity contribution in [2.24, 2.45) is 0 Å². The minimum Gasteiger partial charge on any atom is -0.462 e. The molecule has 0 unspecified atom stereocenters. The number of halogens is 1. The summed E-state index contributed by atoms with van der Waals surface area (Å²) in [6.07, 6.45) is 0. The van der Waals surface area contributed by atoms with Crippen LogP contribution in [0.4, 0.5) is 5.69 Å². The zero-order chi connectivity index (χ0) is 19.3. The van der Waals surface area contributed by atoms with E-state index in [0.29, 0.717) is 22.5 Å². The molecule has 0 radical (unpaired) electrons. The molecule has 0 spiro atoms. The van der Waals surface area contributed by atoms with E-state index in [9.17, 15) is 14.4 Å². The van der Waals surface area contributed by atoms with Crippen LogP contribution in [0.25, 0.3) is 0 Å². The highest BCUT2D eigenvalue weighted by atomic mass is 79.9. The van der Waals surface area contributed by atoms with Gasteiger partial charge in [-0.15, -0.1) is 0 Å². The molecule has 7 nitrogen and oxygen atoms in total. The predicted octanol–water partition coefficient (Wildman–Crippen LogP) is 3.37. The van der Waals surface area contributed by atoms with Crippen molar-refractivity contribution in [3.63, 3.8) is 0 Å². The molecule has 2 aromatic rings. The van der Waals surface area contributed by atoms with Crippen molar-refractivity contribution in [3.05, 3.63) is 51.3 Å². The van der Waals surface area contributed by atoms with Crippen LogP contribution in [0.15, 0.2) is 28.7 Å². The Labute approximate surface area is 159 Å². The molecule has 2 N–H and O–H groups in total. The molecule has 1 amide bonds. The first-order valence-corrected chi connectivity index (χ1v) is 8.71. The lowest BCUT2D eigenvalue weighted by Gasteiger charge is -2.07. The fourth-order valence-corrected chi connectivity index (χ4v) is 2.83. The Morgan fingerprint density at radius 2 is 1.88 bits per heavy atom. The lowest BCUT2D eigenvalue weighted by atomic mass is 10.1. The van der Waals surface area contributed by atoms with Gasteiger partial charge in [0.1, 0.15) is 5.69 Å². The van der Waals surface area contributed by atoms with Gasteiger partial charge < -0.3 is 19.8 Å². The van der Waals surface area contributed by atoms with E-state index < -0.39 is 24.5 Å². The van der Waals surface area contributed by atoms with Crippen LogP contribution in [0.5, 0.6) is 0 Å². The molecular formula is C18H19BrN2O5. The molecule has 0 atom stereocenters. The number of H-pyrrole nitrogens is 1. The van der Waals surface area contributed by atoms with Gasteiger partial charge in [-0.05, 0) is 44.5 Å². The summed E-state index contributed by atoms with van der Waals surface area (Å²) in [5.74, 6) is -1.70. The number of hydrogen-bond donors (Lipinski definition) is 2. The fourth-order valence-electron chi connectivity index (χ4n) is 2.43. The number of carbonyl (C=O) groups is 3. The number of hydrogen-bond acceptors (Lipinski definition) is 5. The monoisotopic (exact) mass is 422 g/mol. The van der Waals surface area contributed by atoms with Crippen molar-refractivity contribution >= 4 is 39.5 Å². The van der Waals surface area contributed by atoms with Gasteiger partial charge in [-0.3, -0.25) is 4.79 Å². The SMILES string of the molecule is CCOC(=O)c1c(C)[nH]c(C(=O)OCC(=O)Nc2cccc(Br)c2)c1C. The summed E-state index contributed by atoms with van der Waals surface area (Å²) < 4.78 is 10.8. The van der Waals surface area contributed by atoms with E-state index >= 15 is 0 Å². The number of esters is 2. The highest BCUT2D eigenvalue weighted by Gasteiger charge is 2.24. The van der Waals surface area contributed by atoms with Crippen molar-refractivity contribution in [2.75, 3.05) is 18.5 Å². The maximum atomic E-state index is 12.2. The van der Waals surface area contributed by atoms with Gasteiger partial charge >= 0.3 is 11.9 Å². The maximum Gasteiger partial charge on any atom is 0.355 e. The number of aromatic nitrogens is 1. The number of nitrogens with one attached hydrogen (secondary N) is 2. The van der Waals surface area contributed by atoms with E-state index in [0.717, 1.165) is 4.47 Å². The highest BCUT2D eigenvalue weighted by molar-refractivity contribution is 9.10. The van der Waals surface area contributed by atoms with E-state index in [2.05, 4.69) is 26.2 Å². The van der Waals surface area contributed by atoms with Crippen LogP contribution in [0, 0.1) is 13.8 Å². The highest BCUT2D eigenvalue weighted by Crippen LogP contribution is 2.20. The third kappa shape index (κ3) is 4.72. The summed E-state index contributed by atoms with van der Waals surface area (Å²) in [7, 11) is 0. The molecule has 0 saturated carbocycles. The molecule has 138 valence electrons. The summed E-state index contributed by atoms with van der Waals surface area (Å²) in [6, 6.07) is 7.04. The van der Waals surface area contributed by atoms with Crippen LogP contribution >= 0.6 is 15.9 Å². The van der Waals surface area contributed by atoms with E-state index in [4.69, 9.17) is 9.47 Å². The Hall–Kier alpha value is -2.61. The van der Waals surface area contributed by atoms with Crippen LogP contribution in [-0.4, -0.2) is 36.0 Å². The molecule has 2 rings (SSSR count). The molecule has 1 heterocycles. The molecule has 0 aliphatic carbocycles. The Balaban J connectivity index is 2.01. The number of amides is 1. The van der Waals surface area contributed by atoms with E-state index in [1.54, 1.807) is 39.0 Å². The van der Waals surface area contributed by atoms with Crippen LogP contribution in [0.1, 0.15) is 39.0 Å². The molecule has 0 saturated heterocycles. The van der Waals surface area contributed by atoms with Crippen LogP contribution in [-0.2, 0) is 14.3 Å². The van der Waals surface area contributed by atoms with Gasteiger partial charge in [-0.2, -0.15) is 0 Å². The smallest absolute Gasteiger partial charge is 0.355 e. The van der Waals surface area contributed by atoms with E-state index in [1.807, 2.05) is 6.07 Å². The third-order valence-electron chi connectivity index (χ3n) is 3.56. The Morgan fingerprint density at radius 3 is 2.54 bits per heavy atom. The zero-order valence-electron chi connectivity index (χ0n) is 14.6. The van der Waals surface area contributed by atoms with Gasteiger partial charge in [0, 0.05) is 15.9 Å². The molecule has 0 aliphatic heterocycles. The number of carbonyl (C=O) groups excluding carboxylic acids is 3. The van der Waals surface area contributed by atoms with Crippen LogP contribution in [0.2, 0.25) is 0 Å². The Morgan fingerprint density at radius 1 is 1.15 bits per heavy atom. The summed E-state index contributed by atoms with van der Waals surface area (Å²) >= 11 is 3.31. The number of benzene rings is 1. The summed E-state index contributed by atoms with van der Waals surface area (Å²) in [6.45, 7) is 4.77. The molecule has 1 aromatic carbocycles. The molecule has 26 heavy (non-hydrogen) atoms. The van der Waals surface area contributed by atoms with Gasteiger partial charge in [-0.1, -0.05) is 22.0 Å². The Bertz CT molecular complexity index is 844. The lowest BCUT2D eigenvalue weighted by molar-refractivity contribution is -0.119. The number of aromatic amines is 1. The number of anilines is 1. The Kier molecular flexibility index (Phi) is 6.57. The van der Waals surface area contributed by atoms with Gasteiger partial charge in [0.25, 0.3) is 5.91 Å². The number of rotatable bonds is 6. The minimum absolute atomic E-state index is 0.126. The fraction of sp³-hybridized carbons (Fsp3) is 0.278. The van der Waals surface area contributed by atoms with E-state index in [1.165, 1.54) is 0 Å². The summed E-state index contributed by atoms with van der Waals surface area (Å²) in [5.41, 5.74) is 1.94. The zero-order valence-corrected chi connectivity index (χ0v) is 16.2. The first-order chi connectivity index (χ1) is 12.3. The second-order valence-corrected chi connectivity index (χ2v) is 6.40. The van der Waals surface area contributed by atoms with Crippen LogP contribution < -0.4 is 5.32 Å². The molecule has 8 heteroatoms. The normalized spacial score (nSPS) is 10.3. The molecule has 0 aliphatic rings. The third-order valence-corrected chi connectivity index (χ3v) is 4.06. The second kappa shape index (κ2) is 8.66. The first kappa shape index (κ1) is 19.7. The summed E-state index contributed by atoms with van der Waals surface area (Å²) in [5, 5.41) is 2.63. The average molecular weight is 423 g/mol. The topological polar surface area (TPSA) is 97.5 Å². The van der Waals surface area contributed by atoms with Gasteiger partial charge in [0.2, 0.25) is 0 Å². The molecule has 1 aromatic heterocycles. The average Bonchev–Trinajstić information content (AvgIpc) is 2.87. The number of aryl methyl sites for hydroxylation is 1. The van der Waals surface area contributed by atoms with Gasteiger partial charge in [0.15, 0.2) is 6.61 Å². The standard InChI is InChI=1S/C18H19BrN2O5/c1-4-25-17(23)15-10(2)16(20-11(15)3)18(24)26-9-14(22)21-13-7-5-6-12(19)8-13/h5-8,20H,4,9H2,1-3H3,(H,21,22). The van der Waals surface area contributed by atoms with Crippen LogP contribution in [0.3, 0.4) is 0 Å². The quantitative estimate of drug-likeness (QED) is 0.695. The van der Waals surface area contributed by atoms with E-state index in [-0.39, 0.29) is 12.3 Å². The predicted molar refractivity (Wildman–Crippen MR) is 99.3 cm³/mol. The van der Waals surface area contributed by atoms with Crippen molar-refractivity contribution in [2.45, 2.75) is 20.8 Å². The molecule has 0 bridgehead atoms. The molecule has 0 fully saturated rings. The maximum absolute atomic E-state index is 12.2. The second-order valence-electron chi connectivity index (χ2n) is 5.48. The van der Waals surface area contributed by atoms with Crippen molar-refractivity contribution in [3.8, 4) is 0 Å². The first-order valence-electron chi connectivity index (χ1n) is 7.92. The molecular weight excluding hydrogens is 404 g/mol. The number of ether oxygens (including phenoxy) is 2. The van der Waals surface area contributed by atoms with Gasteiger partial charge in [0.05, 0.1) is 12.2 Å². The minimum atomic E-state index is -0.717. The van der Waals surface area contributed by atoms with Crippen molar-refractivity contribution in [1.82, 2.24) is 4.98 Å². The largest absolute Gasteiger partial charge is 0.462 e.